The van der Waals surface area contributed by atoms with Crippen LogP contribution in [0.1, 0.15) is 46.5 Å². The minimum absolute atomic E-state index is 0.0296. The Hall–Kier alpha value is -0.830. The molecule has 2 rings (SSSR count). The highest BCUT2D eigenvalue weighted by Gasteiger charge is 2.42. The summed E-state index contributed by atoms with van der Waals surface area (Å²) >= 11 is 0. The number of aliphatic hydroxyl groups is 1. The number of allylic oxidation sites excluding steroid dienone is 2. The summed E-state index contributed by atoms with van der Waals surface area (Å²) in [5.41, 5.74) is 1.42. The fourth-order valence-corrected chi connectivity index (χ4v) is 3.13. The van der Waals surface area contributed by atoms with E-state index in [0.29, 0.717) is 11.8 Å². The standard InChI is InChI=1S/C15H24O3/c1-9-8-14-13(11(3)15(17)18-14)7-6-12(9)5-4-10(2)16/h6,9-11,13-14,16H,4-5,7-8H2,1-3H3/t9-,10?,11-,13+,14-/m0/s1. The molecule has 102 valence electrons. The van der Waals surface area contributed by atoms with Gasteiger partial charge in [0.15, 0.2) is 0 Å². The van der Waals surface area contributed by atoms with Crippen molar-refractivity contribution in [2.24, 2.45) is 17.8 Å². The molecule has 1 unspecified atom stereocenters. The van der Waals surface area contributed by atoms with Crippen LogP contribution in [0.5, 0.6) is 0 Å². The molecule has 1 N–H and O–H groups in total. The molecule has 0 aromatic rings. The number of aliphatic hydroxyl groups excluding tert-OH is 1. The zero-order valence-corrected chi connectivity index (χ0v) is 11.6. The summed E-state index contributed by atoms with van der Waals surface area (Å²) in [7, 11) is 0. The maximum absolute atomic E-state index is 11.6. The third-order valence-corrected chi connectivity index (χ3v) is 4.48. The molecule has 0 bridgehead atoms. The molecule has 0 aromatic heterocycles. The molecule has 3 nitrogen and oxygen atoms in total. The zero-order valence-electron chi connectivity index (χ0n) is 11.6. The van der Waals surface area contributed by atoms with Crippen molar-refractivity contribution in [1.29, 1.82) is 0 Å². The molecular weight excluding hydrogens is 228 g/mol. The van der Waals surface area contributed by atoms with Crippen molar-refractivity contribution in [2.75, 3.05) is 0 Å². The van der Waals surface area contributed by atoms with E-state index in [9.17, 15) is 9.90 Å². The van der Waals surface area contributed by atoms with Gasteiger partial charge in [-0.1, -0.05) is 25.5 Å². The molecule has 0 spiro atoms. The Bertz CT molecular complexity index is 346. The first-order chi connectivity index (χ1) is 8.49. The van der Waals surface area contributed by atoms with Crippen LogP contribution in [0.3, 0.4) is 0 Å². The van der Waals surface area contributed by atoms with Gasteiger partial charge in [0.05, 0.1) is 12.0 Å². The summed E-state index contributed by atoms with van der Waals surface area (Å²) in [6.45, 7) is 6.01. The van der Waals surface area contributed by atoms with Gasteiger partial charge in [0.25, 0.3) is 0 Å². The highest BCUT2D eigenvalue weighted by atomic mass is 16.6. The van der Waals surface area contributed by atoms with E-state index in [0.717, 1.165) is 25.7 Å². The van der Waals surface area contributed by atoms with E-state index in [1.165, 1.54) is 5.57 Å². The van der Waals surface area contributed by atoms with Crippen molar-refractivity contribution >= 4 is 5.97 Å². The highest BCUT2D eigenvalue weighted by molar-refractivity contribution is 5.74. The Morgan fingerprint density at radius 2 is 2.22 bits per heavy atom. The van der Waals surface area contributed by atoms with Crippen molar-refractivity contribution < 1.29 is 14.6 Å². The Labute approximate surface area is 109 Å². The monoisotopic (exact) mass is 252 g/mol. The van der Waals surface area contributed by atoms with Gasteiger partial charge in [0.2, 0.25) is 0 Å². The van der Waals surface area contributed by atoms with E-state index in [4.69, 9.17) is 4.74 Å². The van der Waals surface area contributed by atoms with Crippen molar-refractivity contribution in [2.45, 2.75) is 58.7 Å². The van der Waals surface area contributed by atoms with Crippen molar-refractivity contribution in [1.82, 2.24) is 0 Å². The third-order valence-electron chi connectivity index (χ3n) is 4.48. The van der Waals surface area contributed by atoms with E-state index in [1.807, 2.05) is 13.8 Å². The molecule has 1 aliphatic heterocycles. The number of carbonyl (C=O) groups is 1. The van der Waals surface area contributed by atoms with E-state index in [-0.39, 0.29) is 24.1 Å². The molecule has 0 radical (unpaired) electrons. The van der Waals surface area contributed by atoms with Crippen LogP contribution >= 0.6 is 0 Å². The van der Waals surface area contributed by atoms with Gasteiger partial charge in [-0.3, -0.25) is 4.79 Å². The van der Waals surface area contributed by atoms with Gasteiger partial charge in [-0.2, -0.15) is 0 Å². The predicted molar refractivity (Wildman–Crippen MR) is 69.9 cm³/mol. The van der Waals surface area contributed by atoms with E-state index in [1.54, 1.807) is 0 Å². The zero-order chi connectivity index (χ0) is 13.3. The predicted octanol–water partition coefficient (Wildman–Crippen LogP) is 2.68. The fourth-order valence-electron chi connectivity index (χ4n) is 3.13. The molecule has 18 heavy (non-hydrogen) atoms. The minimum atomic E-state index is -0.238. The van der Waals surface area contributed by atoms with Crippen LogP contribution in [-0.4, -0.2) is 23.3 Å². The second-order valence-corrected chi connectivity index (χ2v) is 5.97. The van der Waals surface area contributed by atoms with Crippen LogP contribution in [0.15, 0.2) is 11.6 Å². The lowest BCUT2D eigenvalue weighted by Gasteiger charge is -2.19. The van der Waals surface area contributed by atoms with Gasteiger partial charge < -0.3 is 9.84 Å². The van der Waals surface area contributed by atoms with Gasteiger partial charge in [0.1, 0.15) is 6.10 Å². The summed E-state index contributed by atoms with van der Waals surface area (Å²) in [6.07, 6.45) is 5.81. The summed E-state index contributed by atoms with van der Waals surface area (Å²) in [6, 6.07) is 0. The van der Waals surface area contributed by atoms with Crippen LogP contribution in [-0.2, 0) is 9.53 Å². The van der Waals surface area contributed by atoms with Crippen molar-refractivity contribution in [3.8, 4) is 0 Å². The lowest BCUT2D eigenvalue weighted by Crippen LogP contribution is -2.19. The summed E-state index contributed by atoms with van der Waals surface area (Å²) in [5, 5.41) is 9.38. The lowest BCUT2D eigenvalue weighted by molar-refractivity contribution is -0.144. The molecule has 0 saturated carbocycles. The molecule has 3 heteroatoms. The van der Waals surface area contributed by atoms with Gasteiger partial charge >= 0.3 is 5.97 Å². The van der Waals surface area contributed by atoms with E-state index >= 15 is 0 Å². The lowest BCUT2D eigenvalue weighted by atomic mass is 9.87. The summed E-state index contributed by atoms with van der Waals surface area (Å²) in [5.74, 6) is 0.813. The van der Waals surface area contributed by atoms with E-state index in [2.05, 4.69) is 13.0 Å². The quantitative estimate of drug-likeness (QED) is 0.620. The molecule has 1 aliphatic carbocycles. The second kappa shape index (κ2) is 5.43. The van der Waals surface area contributed by atoms with Crippen molar-refractivity contribution in [3.05, 3.63) is 11.6 Å². The molecule has 0 aromatic carbocycles. The van der Waals surface area contributed by atoms with Crippen LogP contribution in [0, 0.1) is 17.8 Å². The largest absolute Gasteiger partial charge is 0.462 e. The summed E-state index contributed by atoms with van der Waals surface area (Å²) in [4.78, 5) is 11.6. The minimum Gasteiger partial charge on any atom is -0.462 e. The molecule has 1 saturated heterocycles. The first kappa shape index (κ1) is 13.6. The average Bonchev–Trinajstić information content (AvgIpc) is 2.46. The number of esters is 1. The van der Waals surface area contributed by atoms with Gasteiger partial charge in [-0.05, 0) is 38.5 Å². The van der Waals surface area contributed by atoms with Crippen molar-refractivity contribution in [3.63, 3.8) is 0 Å². The number of carbonyl (C=O) groups excluding carboxylic acids is 1. The van der Waals surface area contributed by atoms with Crippen LogP contribution in [0.4, 0.5) is 0 Å². The Balaban J connectivity index is 2.03. The van der Waals surface area contributed by atoms with Crippen LogP contribution in [0.2, 0.25) is 0 Å². The number of fused-ring (bicyclic) bond motifs is 1. The number of rotatable bonds is 3. The number of ether oxygens (including phenoxy) is 1. The number of hydrogen-bond donors (Lipinski definition) is 1. The van der Waals surface area contributed by atoms with Crippen LogP contribution in [0.25, 0.3) is 0 Å². The first-order valence-electron chi connectivity index (χ1n) is 7.06. The maximum atomic E-state index is 11.6. The first-order valence-corrected chi connectivity index (χ1v) is 7.06. The second-order valence-electron chi connectivity index (χ2n) is 5.97. The molecular formula is C15H24O3. The summed E-state index contributed by atoms with van der Waals surface area (Å²) < 4.78 is 5.48. The average molecular weight is 252 g/mol. The topological polar surface area (TPSA) is 46.5 Å². The van der Waals surface area contributed by atoms with Gasteiger partial charge in [-0.25, -0.2) is 0 Å². The Kier molecular flexibility index (Phi) is 4.10. The molecule has 1 heterocycles. The van der Waals surface area contributed by atoms with E-state index < -0.39 is 0 Å². The number of hydrogen-bond acceptors (Lipinski definition) is 3. The van der Waals surface area contributed by atoms with Gasteiger partial charge in [0, 0.05) is 5.92 Å². The molecule has 5 atom stereocenters. The normalized spacial score (nSPS) is 37.6. The molecule has 0 amide bonds. The third kappa shape index (κ3) is 2.77. The fraction of sp³-hybridized carbons (Fsp3) is 0.800. The van der Waals surface area contributed by atoms with Crippen LogP contribution < -0.4 is 0 Å². The maximum Gasteiger partial charge on any atom is 0.309 e. The van der Waals surface area contributed by atoms with Gasteiger partial charge in [-0.15, -0.1) is 0 Å². The molecule has 2 aliphatic rings. The SMILES string of the molecule is CC(O)CCC1=CC[C@H]2[C@H](C[C@@H]1C)OC(=O)[C@H]2C. The molecule has 1 fully saturated rings. The smallest absolute Gasteiger partial charge is 0.309 e. The Morgan fingerprint density at radius 1 is 1.50 bits per heavy atom. The Morgan fingerprint density at radius 3 is 2.89 bits per heavy atom. The highest BCUT2D eigenvalue weighted by Crippen LogP contribution is 2.39.